The number of nitrogens with one attached hydrogen (secondary N) is 1. The van der Waals surface area contributed by atoms with Crippen LogP contribution in [0.3, 0.4) is 0 Å². The number of benzene rings is 2. The molecule has 0 unspecified atom stereocenters. The third-order valence-corrected chi connectivity index (χ3v) is 3.42. The molecular formula is C18H17N. The van der Waals surface area contributed by atoms with Gasteiger partial charge in [0, 0.05) is 22.2 Å². The van der Waals surface area contributed by atoms with Gasteiger partial charge in [-0.1, -0.05) is 60.7 Å². The monoisotopic (exact) mass is 247 g/mol. The molecule has 0 atom stereocenters. The molecule has 0 spiro atoms. The molecule has 19 heavy (non-hydrogen) atoms. The molecule has 0 saturated heterocycles. The Balaban J connectivity index is 1.87. The zero-order chi connectivity index (χ0) is 13.1. The Morgan fingerprint density at radius 2 is 1.68 bits per heavy atom. The second-order valence-corrected chi connectivity index (χ2v) is 4.80. The first-order valence-corrected chi connectivity index (χ1v) is 6.62. The van der Waals surface area contributed by atoms with Crippen LogP contribution in [0.25, 0.3) is 17.0 Å². The zero-order valence-corrected chi connectivity index (χ0v) is 11.1. The van der Waals surface area contributed by atoms with Crippen LogP contribution in [0, 0.1) is 6.92 Å². The number of hydrogen-bond acceptors (Lipinski definition) is 0. The molecule has 0 saturated carbocycles. The van der Waals surface area contributed by atoms with Gasteiger partial charge in [-0.25, -0.2) is 0 Å². The van der Waals surface area contributed by atoms with Gasteiger partial charge in [0.25, 0.3) is 0 Å². The fraction of sp³-hybridized carbons (Fsp3) is 0.111. The van der Waals surface area contributed by atoms with Gasteiger partial charge in [0.15, 0.2) is 0 Å². The second-order valence-electron chi connectivity index (χ2n) is 4.80. The van der Waals surface area contributed by atoms with Crippen molar-refractivity contribution in [2.45, 2.75) is 13.3 Å². The molecule has 0 aliphatic rings. The number of hydrogen-bond donors (Lipinski definition) is 1. The van der Waals surface area contributed by atoms with Crippen LogP contribution >= 0.6 is 0 Å². The Bertz CT molecular complexity index is 705. The number of para-hydroxylation sites is 1. The maximum Gasteiger partial charge on any atom is 0.0462 e. The van der Waals surface area contributed by atoms with Crippen molar-refractivity contribution in [2.24, 2.45) is 0 Å². The van der Waals surface area contributed by atoms with E-state index in [9.17, 15) is 0 Å². The average molecular weight is 247 g/mol. The zero-order valence-electron chi connectivity index (χ0n) is 11.1. The lowest BCUT2D eigenvalue weighted by Gasteiger charge is -1.96. The van der Waals surface area contributed by atoms with Gasteiger partial charge in [-0.05, 0) is 25.0 Å². The summed E-state index contributed by atoms with van der Waals surface area (Å²) < 4.78 is 0. The highest BCUT2D eigenvalue weighted by Crippen LogP contribution is 2.23. The third kappa shape index (κ3) is 2.45. The van der Waals surface area contributed by atoms with Gasteiger partial charge < -0.3 is 4.98 Å². The highest BCUT2D eigenvalue weighted by molar-refractivity contribution is 5.90. The van der Waals surface area contributed by atoms with E-state index in [1.54, 1.807) is 0 Å². The maximum atomic E-state index is 3.42. The van der Waals surface area contributed by atoms with E-state index in [-0.39, 0.29) is 0 Å². The molecule has 0 radical (unpaired) electrons. The first kappa shape index (κ1) is 11.8. The summed E-state index contributed by atoms with van der Waals surface area (Å²) in [5.74, 6) is 0. The van der Waals surface area contributed by atoms with Crippen LogP contribution in [-0.2, 0) is 6.42 Å². The molecule has 2 aromatic carbocycles. The van der Waals surface area contributed by atoms with Gasteiger partial charge >= 0.3 is 0 Å². The van der Waals surface area contributed by atoms with Crippen LogP contribution < -0.4 is 0 Å². The molecule has 1 aromatic heterocycles. The van der Waals surface area contributed by atoms with Crippen molar-refractivity contribution in [3.63, 3.8) is 0 Å². The number of aromatic amines is 1. The van der Waals surface area contributed by atoms with Crippen molar-refractivity contribution in [1.29, 1.82) is 0 Å². The Kier molecular flexibility index (Phi) is 3.20. The molecule has 1 heteroatoms. The lowest BCUT2D eigenvalue weighted by Crippen LogP contribution is -1.79. The highest BCUT2D eigenvalue weighted by atomic mass is 14.7. The SMILES string of the molecule is Cc1[nH]c2ccccc2c1/C=C/Cc1ccccc1. The molecule has 1 nitrogen and oxygen atoms in total. The molecule has 0 bridgehead atoms. The largest absolute Gasteiger partial charge is 0.358 e. The van der Waals surface area contributed by atoms with E-state index < -0.39 is 0 Å². The third-order valence-electron chi connectivity index (χ3n) is 3.42. The van der Waals surface area contributed by atoms with Crippen LogP contribution in [0.2, 0.25) is 0 Å². The van der Waals surface area contributed by atoms with Crippen molar-refractivity contribution < 1.29 is 0 Å². The van der Waals surface area contributed by atoms with Crippen molar-refractivity contribution >= 4 is 17.0 Å². The summed E-state index contributed by atoms with van der Waals surface area (Å²) >= 11 is 0. The second kappa shape index (κ2) is 5.15. The number of aryl methyl sites for hydroxylation is 1. The Morgan fingerprint density at radius 1 is 0.947 bits per heavy atom. The van der Waals surface area contributed by atoms with E-state index in [0.717, 1.165) is 6.42 Å². The summed E-state index contributed by atoms with van der Waals surface area (Å²) in [5.41, 5.74) is 5.08. The molecule has 0 aliphatic carbocycles. The molecule has 3 rings (SSSR count). The minimum atomic E-state index is 0.972. The van der Waals surface area contributed by atoms with Crippen LogP contribution in [0.4, 0.5) is 0 Å². The van der Waals surface area contributed by atoms with E-state index in [2.05, 4.69) is 78.7 Å². The average Bonchev–Trinajstić information content (AvgIpc) is 2.76. The smallest absolute Gasteiger partial charge is 0.0462 e. The Hall–Kier alpha value is -2.28. The molecular weight excluding hydrogens is 230 g/mol. The topological polar surface area (TPSA) is 15.8 Å². The normalized spacial score (nSPS) is 11.4. The number of H-pyrrole nitrogens is 1. The van der Waals surface area contributed by atoms with E-state index in [1.165, 1.54) is 27.7 Å². The van der Waals surface area contributed by atoms with Gasteiger partial charge in [0.05, 0.1) is 0 Å². The quantitative estimate of drug-likeness (QED) is 0.688. The van der Waals surface area contributed by atoms with Crippen molar-refractivity contribution in [3.05, 3.63) is 77.5 Å². The van der Waals surface area contributed by atoms with E-state index in [4.69, 9.17) is 0 Å². The Morgan fingerprint density at radius 3 is 2.53 bits per heavy atom. The van der Waals surface area contributed by atoms with Crippen molar-refractivity contribution in [1.82, 2.24) is 4.98 Å². The minimum Gasteiger partial charge on any atom is -0.358 e. The van der Waals surface area contributed by atoms with Gasteiger partial charge in [-0.2, -0.15) is 0 Å². The maximum absolute atomic E-state index is 3.42. The van der Waals surface area contributed by atoms with Crippen LogP contribution in [0.1, 0.15) is 16.8 Å². The van der Waals surface area contributed by atoms with E-state index in [1.807, 2.05) is 0 Å². The summed E-state index contributed by atoms with van der Waals surface area (Å²) in [6.45, 7) is 2.13. The first-order valence-electron chi connectivity index (χ1n) is 6.62. The number of rotatable bonds is 3. The van der Waals surface area contributed by atoms with Crippen LogP contribution in [-0.4, -0.2) is 4.98 Å². The van der Waals surface area contributed by atoms with Crippen molar-refractivity contribution in [2.75, 3.05) is 0 Å². The summed E-state index contributed by atoms with van der Waals surface area (Å²) in [4.78, 5) is 3.42. The van der Waals surface area contributed by atoms with Crippen molar-refractivity contribution in [3.8, 4) is 0 Å². The molecule has 94 valence electrons. The lowest BCUT2D eigenvalue weighted by atomic mass is 10.1. The summed E-state index contributed by atoms with van der Waals surface area (Å²) in [5, 5.41) is 1.30. The standard InChI is InChI=1S/C18H17N/c1-14-16(17-11-5-6-13-18(17)19-14)12-7-10-15-8-3-2-4-9-15/h2-9,11-13,19H,10H2,1H3/b12-7+. The lowest BCUT2D eigenvalue weighted by molar-refractivity contribution is 1.27. The number of allylic oxidation sites excluding steroid dienone is 1. The molecule has 3 aromatic rings. The molecule has 0 amide bonds. The Labute approximate surface area is 113 Å². The van der Waals surface area contributed by atoms with Gasteiger partial charge in [-0.3, -0.25) is 0 Å². The van der Waals surface area contributed by atoms with Crippen LogP contribution in [0.15, 0.2) is 60.7 Å². The summed E-state index contributed by atoms with van der Waals surface area (Å²) in [6, 6.07) is 19.0. The predicted octanol–water partition coefficient (Wildman–Crippen LogP) is 4.73. The molecule has 1 N–H and O–H groups in total. The predicted molar refractivity (Wildman–Crippen MR) is 82.2 cm³/mol. The number of aromatic nitrogens is 1. The highest BCUT2D eigenvalue weighted by Gasteiger charge is 2.03. The number of fused-ring (bicyclic) bond motifs is 1. The summed E-state index contributed by atoms with van der Waals surface area (Å²) in [7, 11) is 0. The fourth-order valence-corrected chi connectivity index (χ4v) is 2.44. The first-order chi connectivity index (χ1) is 9.34. The van der Waals surface area contributed by atoms with Gasteiger partial charge in [0.1, 0.15) is 0 Å². The van der Waals surface area contributed by atoms with E-state index >= 15 is 0 Å². The fourth-order valence-electron chi connectivity index (χ4n) is 2.44. The minimum absolute atomic E-state index is 0.972. The van der Waals surface area contributed by atoms with Crippen LogP contribution in [0.5, 0.6) is 0 Å². The molecule has 1 heterocycles. The van der Waals surface area contributed by atoms with Gasteiger partial charge in [-0.15, -0.1) is 0 Å². The summed E-state index contributed by atoms with van der Waals surface area (Å²) in [6.07, 6.45) is 5.43. The van der Waals surface area contributed by atoms with E-state index in [0.29, 0.717) is 0 Å². The molecule has 0 aliphatic heterocycles. The van der Waals surface area contributed by atoms with Gasteiger partial charge in [0.2, 0.25) is 0 Å². The molecule has 0 fully saturated rings.